The highest BCUT2D eigenvalue weighted by atomic mass is 19.1. The van der Waals surface area contributed by atoms with Crippen LogP contribution in [0.15, 0.2) is 28.8 Å². The first-order valence-corrected chi connectivity index (χ1v) is 7.23. The molecule has 2 aromatic rings. The second kappa shape index (κ2) is 6.35. The summed E-state index contributed by atoms with van der Waals surface area (Å²) in [6.07, 6.45) is 1.70. The molecule has 0 bridgehead atoms. The Labute approximate surface area is 124 Å². The Morgan fingerprint density at radius 3 is 2.52 bits per heavy atom. The minimum Gasteiger partial charge on any atom is -0.339 e. The van der Waals surface area contributed by atoms with Crippen LogP contribution >= 0.6 is 0 Å². The lowest BCUT2D eigenvalue weighted by atomic mass is 9.84. The zero-order valence-corrected chi connectivity index (χ0v) is 13.0. The lowest BCUT2D eigenvalue weighted by molar-refractivity contribution is 0.349. The SMILES string of the molecule is CCC(Cc1nc(C(C)(C)c2ccc(F)cc2)no1)NC. The number of likely N-dealkylation sites (N-methyl/N-ethyl adjacent to an activating group) is 1. The Kier molecular flexibility index (Phi) is 4.73. The topological polar surface area (TPSA) is 51.0 Å². The van der Waals surface area contributed by atoms with Gasteiger partial charge in [-0.05, 0) is 45.0 Å². The van der Waals surface area contributed by atoms with E-state index in [1.165, 1.54) is 12.1 Å². The van der Waals surface area contributed by atoms with Crippen LogP contribution in [-0.2, 0) is 11.8 Å². The fraction of sp³-hybridized carbons (Fsp3) is 0.500. The van der Waals surface area contributed by atoms with Crippen LogP contribution in [0.5, 0.6) is 0 Å². The van der Waals surface area contributed by atoms with E-state index in [1.807, 2.05) is 20.9 Å². The maximum absolute atomic E-state index is 13.0. The summed E-state index contributed by atoms with van der Waals surface area (Å²) in [4.78, 5) is 4.50. The molecule has 0 spiro atoms. The van der Waals surface area contributed by atoms with Crippen molar-refractivity contribution in [3.63, 3.8) is 0 Å². The Morgan fingerprint density at radius 1 is 1.29 bits per heavy atom. The van der Waals surface area contributed by atoms with Gasteiger partial charge < -0.3 is 9.84 Å². The maximum Gasteiger partial charge on any atom is 0.228 e. The summed E-state index contributed by atoms with van der Waals surface area (Å²) in [5.41, 5.74) is 0.536. The van der Waals surface area contributed by atoms with Crippen molar-refractivity contribution in [1.29, 1.82) is 0 Å². The summed E-state index contributed by atoms with van der Waals surface area (Å²) in [5, 5.41) is 7.32. The summed E-state index contributed by atoms with van der Waals surface area (Å²) in [5.74, 6) is 1.000. The van der Waals surface area contributed by atoms with Gasteiger partial charge in [0.05, 0.1) is 5.41 Å². The smallest absolute Gasteiger partial charge is 0.228 e. The monoisotopic (exact) mass is 291 g/mol. The van der Waals surface area contributed by atoms with Crippen LogP contribution < -0.4 is 5.32 Å². The van der Waals surface area contributed by atoms with Crippen LogP contribution in [0.25, 0.3) is 0 Å². The first kappa shape index (κ1) is 15.6. The number of halogens is 1. The molecule has 1 aromatic carbocycles. The van der Waals surface area contributed by atoms with Gasteiger partial charge in [-0.3, -0.25) is 0 Å². The molecule has 0 fully saturated rings. The number of nitrogens with zero attached hydrogens (tertiary/aromatic N) is 2. The van der Waals surface area contributed by atoms with Gasteiger partial charge in [-0.1, -0.05) is 24.2 Å². The minimum atomic E-state index is -0.420. The normalized spacial score (nSPS) is 13.4. The first-order chi connectivity index (χ1) is 9.97. The van der Waals surface area contributed by atoms with Gasteiger partial charge in [0.25, 0.3) is 0 Å². The molecule has 0 aliphatic heterocycles. The Hall–Kier alpha value is -1.75. The van der Waals surface area contributed by atoms with Gasteiger partial charge in [0.1, 0.15) is 5.82 Å². The van der Waals surface area contributed by atoms with Gasteiger partial charge in [0.2, 0.25) is 5.89 Å². The van der Waals surface area contributed by atoms with E-state index in [4.69, 9.17) is 4.52 Å². The van der Waals surface area contributed by atoms with E-state index in [1.54, 1.807) is 12.1 Å². The van der Waals surface area contributed by atoms with E-state index < -0.39 is 5.41 Å². The molecule has 1 heterocycles. The molecule has 0 aliphatic carbocycles. The van der Waals surface area contributed by atoms with Gasteiger partial charge in [-0.2, -0.15) is 4.98 Å². The molecule has 0 amide bonds. The average molecular weight is 291 g/mol. The highest BCUT2D eigenvalue weighted by Gasteiger charge is 2.29. The Balaban J connectivity index is 2.21. The van der Waals surface area contributed by atoms with E-state index in [9.17, 15) is 4.39 Å². The molecule has 1 unspecified atom stereocenters. The van der Waals surface area contributed by atoms with E-state index in [0.717, 1.165) is 12.0 Å². The van der Waals surface area contributed by atoms with Crippen molar-refractivity contribution in [1.82, 2.24) is 15.5 Å². The zero-order valence-electron chi connectivity index (χ0n) is 13.0. The van der Waals surface area contributed by atoms with Crippen LogP contribution in [-0.4, -0.2) is 23.2 Å². The molecular weight excluding hydrogens is 269 g/mol. The third kappa shape index (κ3) is 3.47. The second-order valence-corrected chi connectivity index (χ2v) is 5.74. The molecule has 0 aliphatic rings. The molecule has 1 aromatic heterocycles. The summed E-state index contributed by atoms with van der Waals surface area (Å²) >= 11 is 0. The molecule has 21 heavy (non-hydrogen) atoms. The van der Waals surface area contributed by atoms with Crippen molar-refractivity contribution in [3.8, 4) is 0 Å². The summed E-state index contributed by atoms with van der Waals surface area (Å²) < 4.78 is 18.4. The van der Waals surface area contributed by atoms with Gasteiger partial charge in [-0.15, -0.1) is 0 Å². The van der Waals surface area contributed by atoms with Crippen molar-refractivity contribution in [3.05, 3.63) is 47.4 Å². The zero-order chi connectivity index (χ0) is 15.5. The predicted molar refractivity (Wildman–Crippen MR) is 79.7 cm³/mol. The fourth-order valence-electron chi connectivity index (χ4n) is 2.25. The van der Waals surface area contributed by atoms with E-state index in [0.29, 0.717) is 24.2 Å². The molecule has 5 heteroatoms. The van der Waals surface area contributed by atoms with E-state index in [2.05, 4.69) is 22.4 Å². The highest BCUT2D eigenvalue weighted by molar-refractivity contribution is 5.30. The third-order valence-corrected chi connectivity index (χ3v) is 3.92. The number of hydrogen-bond acceptors (Lipinski definition) is 4. The molecule has 0 radical (unpaired) electrons. The molecular formula is C16H22FN3O. The number of nitrogens with one attached hydrogen (secondary N) is 1. The maximum atomic E-state index is 13.0. The van der Waals surface area contributed by atoms with Crippen molar-refractivity contribution in [2.45, 2.75) is 45.1 Å². The van der Waals surface area contributed by atoms with Gasteiger partial charge >= 0.3 is 0 Å². The minimum absolute atomic E-state index is 0.247. The first-order valence-electron chi connectivity index (χ1n) is 7.23. The lowest BCUT2D eigenvalue weighted by Crippen LogP contribution is -2.27. The van der Waals surface area contributed by atoms with Crippen LogP contribution in [0.3, 0.4) is 0 Å². The number of benzene rings is 1. The molecule has 1 N–H and O–H groups in total. The van der Waals surface area contributed by atoms with Gasteiger partial charge in [0.15, 0.2) is 5.82 Å². The summed E-state index contributed by atoms with van der Waals surface area (Å²) in [7, 11) is 1.92. The van der Waals surface area contributed by atoms with Gasteiger partial charge in [-0.25, -0.2) is 4.39 Å². The fourth-order valence-corrected chi connectivity index (χ4v) is 2.25. The van der Waals surface area contributed by atoms with Crippen LogP contribution in [0.2, 0.25) is 0 Å². The molecule has 2 rings (SSSR count). The molecule has 114 valence electrons. The third-order valence-electron chi connectivity index (χ3n) is 3.92. The summed E-state index contributed by atoms with van der Waals surface area (Å²) in [6.45, 7) is 6.12. The number of aromatic nitrogens is 2. The van der Waals surface area contributed by atoms with E-state index >= 15 is 0 Å². The number of rotatable bonds is 6. The van der Waals surface area contributed by atoms with E-state index in [-0.39, 0.29) is 5.82 Å². The standard InChI is InChI=1S/C16H22FN3O/c1-5-13(18-4)10-14-19-15(20-21-14)16(2,3)11-6-8-12(17)9-7-11/h6-9,13,18H,5,10H2,1-4H3. The van der Waals surface area contributed by atoms with Crippen molar-refractivity contribution in [2.75, 3.05) is 7.05 Å². The molecule has 4 nitrogen and oxygen atoms in total. The van der Waals surface area contributed by atoms with Crippen molar-refractivity contribution < 1.29 is 8.91 Å². The van der Waals surface area contributed by atoms with Crippen molar-refractivity contribution in [2.24, 2.45) is 0 Å². The largest absolute Gasteiger partial charge is 0.339 e. The highest BCUT2D eigenvalue weighted by Crippen LogP contribution is 2.29. The predicted octanol–water partition coefficient (Wildman–Crippen LogP) is 3.08. The van der Waals surface area contributed by atoms with Crippen LogP contribution in [0, 0.1) is 5.82 Å². The van der Waals surface area contributed by atoms with Crippen LogP contribution in [0.4, 0.5) is 4.39 Å². The average Bonchev–Trinajstić information content (AvgIpc) is 2.94. The Morgan fingerprint density at radius 2 is 1.95 bits per heavy atom. The lowest BCUT2D eigenvalue weighted by Gasteiger charge is -2.20. The molecule has 1 atom stereocenters. The second-order valence-electron chi connectivity index (χ2n) is 5.74. The molecule has 0 saturated heterocycles. The van der Waals surface area contributed by atoms with Crippen molar-refractivity contribution >= 4 is 0 Å². The van der Waals surface area contributed by atoms with Gasteiger partial charge in [0, 0.05) is 12.5 Å². The number of hydrogen-bond donors (Lipinski definition) is 1. The van der Waals surface area contributed by atoms with Crippen LogP contribution in [0.1, 0.15) is 44.5 Å². The quantitative estimate of drug-likeness (QED) is 0.888. The summed E-state index contributed by atoms with van der Waals surface area (Å²) in [6, 6.07) is 6.74. The molecule has 0 saturated carbocycles. The Bertz CT molecular complexity index is 573.